The van der Waals surface area contributed by atoms with Crippen LogP contribution in [0.15, 0.2) is 42.5 Å². The van der Waals surface area contributed by atoms with Gasteiger partial charge in [-0.25, -0.2) is 0 Å². The SMILES string of the molecule is COc1ccc(C(=O)NCC(=O)O[C@H](C)C(=O)Nc2ccc(C(C)=O)cc2)cc1OC. The molecule has 0 aromatic heterocycles. The summed E-state index contributed by atoms with van der Waals surface area (Å²) in [6.07, 6.45) is -1.09. The second kappa shape index (κ2) is 10.8. The highest BCUT2D eigenvalue weighted by Gasteiger charge is 2.19. The molecule has 0 saturated carbocycles. The summed E-state index contributed by atoms with van der Waals surface area (Å²) in [4.78, 5) is 47.7. The van der Waals surface area contributed by atoms with Crippen LogP contribution < -0.4 is 20.1 Å². The van der Waals surface area contributed by atoms with Gasteiger partial charge in [0.15, 0.2) is 23.4 Å². The molecule has 2 aromatic rings. The summed E-state index contributed by atoms with van der Waals surface area (Å²) in [7, 11) is 2.92. The molecule has 2 N–H and O–H groups in total. The van der Waals surface area contributed by atoms with Crippen molar-refractivity contribution in [1.29, 1.82) is 0 Å². The van der Waals surface area contributed by atoms with Crippen LogP contribution in [0.3, 0.4) is 0 Å². The minimum absolute atomic E-state index is 0.0877. The first-order chi connectivity index (χ1) is 14.7. The maximum Gasteiger partial charge on any atom is 0.326 e. The monoisotopic (exact) mass is 428 g/mol. The van der Waals surface area contributed by atoms with Gasteiger partial charge in [-0.05, 0) is 56.3 Å². The minimum Gasteiger partial charge on any atom is -0.493 e. The summed E-state index contributed by atoms with van der Waals surface area (Å²) in [5.74, 6) is -1.08. The van der Waals surface area contributed by atoms with Crippen LogP contribution in [-0.2, 0) is 14.3 Å². The number of methoxy groups -OCH3 is 2. The molecule has 164 valence electrons. The van der Waals surface area contributed by atoms with Crippen molar-refractivity contribution in [2.45, 2.75) is 20.0 Å². The van der Waals surface area contributed by atoms with Gasteiger partial charge in [-0.1, -0.05) is 0 Å². The molecular weight excluding hydrogens is 404 g/mol. The molecule has 2 rings (SSSR count). The molecule has 1 atom stereocenters. The zero-order valence-corrected chi connectivity index (χ0v) is 17.7. The van der Waals surface area contributed by atoms with Gasteiger partial charge in [-0.3, -0.25) is 19.2 Å². The molecule has 0 radical (unpaired) electrons. The van der Waals surface area contributed by atoms with Crippen LogP contribution >= 0.6 is 0 Å². The Morgan fingerprint density at radius 1 is 0.903 bits per heavy atom. The van der Waals surface area contributed by atoms with Crippen molar-refractivity contribution in [3.05, 3.63) is 53.6 Å². The lowest BCUT2D eigenvalue weighted by atomic mass is 10.1. The molecule has 0 aliphatic heterocycles. The van der Waals surface area contributed by atoms with Crippen molar-refractivity contribution >= 4 is 29.3 Å². The standard InChI is InChI=1S/C22H24N2O7/c1-13(25)15-5-8-17(9-6-15)24-21(27)14(2)31-20(26)12-23-22(28)16-7-10-18(29-3)19(11-16)30-4/h5-11,14H,12H2,1-4H3,(H,23,28)(H,24,27)/t14-/m1/s1. The number of benzene rings is 2. The van der Waals surface area contributed by atoms with Crippen LogP contribution in [0.1, 0.15) is 34.6 Å². The van der Waals surface area contributed by atoms with E-state index in [1.165, 1.54) is 40.2 Å². The number of Topliss-reactive ketones (excluding diaryl/α,β-unsaturated/α-hetero) is 1. The lowest BCUT2D eigenvalue weighted by molar-refractivity contribution is -0.152. The summed E-state index contributed by atoms with van der Waals surface area (Å²) >= 11 is 0. The molecule has 31 heavy (non-hydrogen) atoms. The van der Waals surface area contributed by atoms with Gasteiger partial charge in [-0.15, -0.1) is 0 Å². The Labute approximate surface area is 179 Å². The molecule has 0 heterocycles. The molecular formula is C22H24N2O7. The van der Waals surface area contributed by atoms with Crippen LogP contribution in [0.4, 0.5) is 5.69 Å². The summed E-state index contributed by atoms with van der Waals surface area (Å²) in [6, 6.07) is 10.9. The van der Waals surface area contributed by atoms with Crippen molar-refractivity contribution in [2.24, 2.45) is 0 Å². The summed E-state index contributed by atoms with van der Waals surface area (Å²) < 4.78 is 15.3. The van der Waals surface area contributed by atoms with Crippen LogP contribution in [0.2, 0.25) is 0 Å². The quantitative estimate of drug-likeness (QED) is 0.464. The highest BCUT2D eigenvalue weighted by atomic mass is 16.5. The molecule has 0 aliphatic rings. The van der Waals surface area contributed by atoms with Crippen molar-refractivity contribution in [2.75, 3.05) is 26.1 Å². The summed E-state index contributed by atoms with van der Waals surface area (Å²) in [5, 5.41) is 5.01. The number of hydrogen-bond acceptors (Lipinski definition) is 7. The van der Waals surface area contributed by atoms with E-state index in [1.54, 1.807) is 30.3 Å². The number of amides is 2. The normalized spacial score (nSPS) is 11.1. The molecule has 0 fully saturated rings. The predicted molar refractivity (Wildman–Crippen MR) is 113 cm³/mol. The van der Waals surface area contributed by atoms with E-state index in [-0.39, 0.29) is 11.3 Å². The van der Waals surface area contributed by atoms with E-state index in [9.17, 15) is 19.2 Å². The van der Waals surface area contributed by atoms with Crippen molar-refractivity contribution in [3.63, 3.8) is 0 Å². The van der Waals surface area contributed by atoms with Crippen LogP contribution in [0, 0.1) is 0 Å². The van der Waals surface area contributed by atoms with Gasteiger partial charge in [-0.2, -0.15) is 0 Å². The second-order valence-electron chi connectivity index (χ2n) is 6.51. The molecule has 9 heteroatoms. The van der Waals surface area contributed by atoms with Gasteiger partial charge in [0.05, 0.1) is 14.2 Å². The first-order valence-electron chi connectivity index (χ1n) is 9.36. The molecule has 0 saturated heterocycles. The lowest BCUT2D eigenvalue weighted by Crippen LogP contribution is -2.35. The zero-order valence-electron chi connectivity index (χ0n) is 17.7. The topological polar surface area (TPSA) is 120 Å². The third-order valence-electron chi connectivity index (χ3n) is 4.28. The first-order valence-corrected chi connectivity index (χ1v) is 9.36. The fourth-order valence-corrected chi connectivity index (χ4v) is 2.56. The average Bonchev–Trinajstić information content (AvgIpc) is 2.77. The smallest absolute Gasteiger partial charge is 0.326 e. The number of carbonyl (C=O) groups excluding carboxylic acids is 4. The van der Waals surface area contributed by atoms with Gasteiger partial charge in [0.25, 0.3) is 11.8 Å². The Kier molecular flexibility index (Phi) is 8.13. The van der Waals surface area contributed by atoms with E-state index < -0.39 is 30.4 Å². The van der Waals surface area contributed by atoms with Gasteiger partial charge >= 0.3 is 5.97 Å². The van der Waals surface area contributed by atoms with Gasteiger partial charge in [0, 0.05) is 16.8 Å². The number of ether oxygens (including phenoxy) is 3. The zero-order chi connectivity index (χ0) is 23.0. The molecule has 0 spiro atoms. The van der Waals surface area contributed by atoms with E-state index >= 15 is 0 Å². The van der Waals surface area contributed by atoms with E-state index in [4.69, 9.17) is 14.2 Å². The third kappa shape index (κ3) is 6.56. The number of carbonyl (C=O) groups is 4. The summed E-state index contributed by atoms with van der Waals surface area (Å²) in [6.45, 7) is 2.43. The number of hydrogen-bond donors (Lipinski definition) is 2. The Hall–Kier alpha value is -3.88. The van der Waals surface area contributed by atoms with Crippen molar-refractivity contribution in [3.8, 4) is 11.5 Å². The van der Waals surface area contributed by atoms with Gasteiger partial charge < -0.3 is 24.8 Å². The number of nitrogens with one attached hydrogen (secondary N) is 2. The predicted octanol–water partition coefficient (Wildman–Crippen LogP) is 2.21. The number of ketones is 1. The lowest BCUT2D eigenvalue weighted by Gasteiger charge is -2.14. The van der Waals surface area contributed by atoms with Gasteiger partial charge in [0.1, 0.15) is 6.54 Å². The molecule has 2 aromatic carbocycles. The van der Waals surface area contributed by atoms with Crippen LogP contribution in [0.25, 0.3) is 0 Å². The number of rotatable bonds is 9. The Bertz CT molecular complexity index is 970. The Morgan fingerprint density at radius 3 is 2.10 bits per heavy atom. The molecule has 2 amide bonds. The summed E-state index contributed by atoms with van der Waals surface area (Å²) in [5.41, 5.74) is 1.24. The Morgan fingerprint density at radius 2 is 1.52 bits per heavy atom. The Balaban J connectivity index is 1.85. The molecule has 0 aliphatic carbocycles. The number of anilines is 1. The van der Waals surface area contributed by atoms with E-state index in [0.717, 1.165) is 0 Å². The second-order valence-corrected chi connectivity index (χ2v) is 6.51. The van der Waals surface area contributed by atoms with Crippen LogP contribution in [0.5, 0.6) is 11.5 Å². The first kappa shape index (κ1) is 23.4. The number of esters is 1. The highest BCUT2D eigenvalue weighted by Crippen LogP contribution is 2.27. The van der Waals surface area contributed by atoms with Crippen LogP contribution in [-0.4, -0.2) is 50.4 Å². The largest absolute Gasteiger partial charge is 0.493 e. The minimum atomic E-state index is -1.09. The van der Waals surface area contributed by atoms with E-state index in [1.807, 2.05) is 0 Å². The van der Waals surface area contributed by atoms with Crippen molar-refractivity contribution in [1.82, 2.24) is 5.32 Å². The molecule has 0 bridgehead atoms. The maximum atomic E-state index is 12.2. The third-order valence-corrected chi connectivity index (χ3v) is 4.28. The average molecular weight is 428 g/mol. The van der Waals surface area contributed by atoms with Gasteiger partial charge in [0.2, 0.25) is 0 Å². The fourth-order valence-electron chi connectivity index (χ4n) is 2.56. The maximum absolute atomic E-state index is 12.2. The highest BCUT2D eigenvalue weighted by molar-refractivity contribution is 5.98. The van der Waals surface area contributed by atoms with E-state index in [2.05, 4.69) is 10.6 Å². The van der Waals surface area contributed by atoms with Crippen molar-refractivity contribution < 1.29 is 33.4 Å². The molecule has 9 nitrogen and oxygen atoms in total. The fraction of sp³-hybridized carbons (Fsp3) is 0.273. The van der Waals surface area contributed by atoms with E-state index in [0.29, 0.717) is 22.7 Å². The molecule has 0 unspecified atom stereocenters.